The Bertz CT molecular complexity index is 1570. The molecule has 2 bridgehead atoms. The van der Waals surface area contributed by atoms with Crippen molar-refractivity contribution in [3.8, 4) is 11.5 Å². The van der Waals surface area contributed by atoms with Gasteiger partial charge in [-0.2, -0.15) is 0 Å². The van der Waals surface area contributed by atoms with Crippen LogP contribution in [0.4, 0.5) is 4.79 Å². The van der Waals surface area contributed by atoms with E-state index >= 15 is 0 Å². The lowest BCUT2D eigenvalue weighted by molar-refractivity contribution is -0.144. The van der Waals surface area contributed by atoms with Crippen LogP contribution >= 0.6 is 0 Å². The summed E-state index contributed by atoms with van der Waals surface area (Å²) >= 11 is 0. The zero-order chi connectivity index (χ0) is 35.7. The van der Waals surface area contributed by atoms with Gasteiger partial charge in [-0.05, 0) is 95.1 Å². The number of likely N-dealkylation sites (N-methyl/N-ethyl adjacent to an activating group) is 1. The van der Waals surface area contributed by atoms with Crippen molar-refractivity contribution in [1.82, 2.24) is 20.4 Å². The Labute approximate surface area is 290 Å². The first-order chi connectivity index (χ1) is 24.0. The van der Waals surface area contributed by atoms with Crippen molar-refractivity contribution in [2.45, 2.75) is 87.4 Å². The van der Waals surface area contributed by atoms with E-state index in [2.05, 4.69) is 28.6 Å². The maximum Gasteiger partial charge on any atom is 0.415 e. The molecule has 6 N–H and O–H groups in total. The summed E-state index contributed by atoms with van der Waals surface area (Å²) < 4.78 is 18.6. The summed E-state index contributed by atoms with van der Waals surface area (Å²) in [6.45, 7) is 1.26. The van der Waals surface area contributed by atoms with Gasteiger partial charge in [-0.1, -0.05) is 6.07 Å². The second kappa shape index (κ2) is 14.5. The van der Waals surface area contributed by atoms with Crippen LogP contribution < -0.4 is 25.8 Å². The molecule has 3 aliphatic heterocycles. The molecule has 1 spiro atoms. The van der Waals surface area contributed by atoms with Gasteiger partial charge in [0.1, 0.15) is 18.2 Å². The van der Waals surface area contributed by atoms with Crippen molar-refractivity contribution >= 4 is 29.8 Å². The largest absolute Gasteiger partial charge is 0.493 e. The fourth-order valence-corrected chi connectivity index (χ4v) is 8.92. The molecule has 2 saturated heterocycles. The highest BCUT2D eigenvalue weighted by atomic mass is 16.6. The number of carbonyl (C=O) groups is 5. The number of ether oxygens (including phenoxy) is 3. The van der Waals surface area contributed by atoms with Crippen molar-refractivity contribution in [2.24, 2.45) is 17.6 Å². The van der Waals surface area contributed by atoms with Gasteiger partial charge in [-0.25, -0.2) is 4.79 Å². The Morgan fingerprint density at radius 1 is 1.16 bits per heavy atom. The van der Waals surface area contributed by atoms with Gasteiger partial charge < -0.3 is 50.6 Å². The maximum atomic E-state index is 14.0. The first-order valence-corrected chi connectivity index (χ1v) is 17.5. The van der Waals surface area contributed by atoms with Crippen LogP contribution in [0.1, 0.15) is 62.5 Å². The summed E-state index contributed by atoms with van der Waals surface area (Å²) in [5, 5.41) is 24.1. The second-order valence-corrected chi connectivity index (χ2v) is 14.1. The van der Waals surface area contributed by atoms with E-state index in [1.165, 1.54) is 10.5 Å². The molecule has 2 aliphatic carbocycles. The van der Waals surface area contributed by atoms with Gasteiger partial charge in [0.25, 0.3) is 0 Å². The van der Waals surface area contributed by atoms with E-state index in [0.29, 0.717) is 49.1 Å². The average Bonchev–Trinajstić information content (AvgIpc) is 3.44. The zero-order valence-corrected chi connectivity index (χ0v) is 28.5. The number of hydrogen-bond donors (Lipinski definition) is 5. The lowest BCUT2D eigenvalue weighted by atomic mass is 9.53. The van der Waals surface area contributed by atoms with E-state index in [4.69, 9.17) is 25.1 Å². The van der Waals surface area contributed by atoms with Crippen LogP contribution in [-0.4, -0.2) is 114 Å². The lowest BCUT2D eigenvalue weighted by Gasteiger charge is -2.56. The van der Waals surface area contributed by atoms with Gasteiger partial charge in [0.2, 0.25) is 11.8 Å². The number of piperidine rings is 2. The smallest absolute Gasteiger partial charge is 0.415 e. The number of carboxylic acids is 2. The number of hydrogen-bond acceptors (Lipinski definition) is 10. The number of carbonyl (C=O) groups excluding carboxylic acids is 3. The number of amides is 3. The molecule has 272 valence electrons. The molecule has 3 heterocycles. The Balaban J connectivity index is 1.20. The van der Waals surface area contributed by atoms with Gasteiger partial charge in [-0.15, -0.1) is 0 Å². The van der Waals surface area contributed by atoms with E-state index in [-0.39, 0.29) is 43.7 Å². The molecule has 15 nitrogen and oxygen atoms in total. The van der Waals surface area contributed by atoms with Gasteiger partial charge in [0.05, 0.1) is 19.1 Å². The first kappa shape index (κ1) is 35.5. The number of methoxy groups -OCH3 is 1. The predicted octanol–water partition coefficient (Wildman–Crippen LogP) is 1.36. The topological polar surface area (TPSA) is 210 Å². The van der Waals surface area contributed by atoms with Crippen LogP contribution in [0.15, 0.2) is 24.0 Å². The van der Waals surface area contributed by atoms with Gasteiger partial charge in [0.15, 0.2) is 17.6 Å². The fourth-order valence-electron chi connectivity index (χ4n) is 8.92. The molecule has 50 heavy (non-hydrogen) atoms. The monoisotopic (exact) mass is 697 g/mol. The Kier molecular flexibility index (Phi) is 10.3. The van der Waals surface area contributed by atoms with Gasteiger partial charge in [0, 0.05) is 30.1 Å². The predicted molar refractivity (Wildman–Crippen MR) is 177 cm³/mol. The van der Waals surface area contributed by atoms with Crippen molar-refractivity contribution in [3.63, 3.8) is 0 Å². The number of rotatable bonds is 13. The van der Waals surface area contributed by atoms with Crippen molar-refractivity contribution < 1.29 is 48.4 Å². The highest BCUT2D eigenvalue weighted by Gasteiger charge is 2.65. The number of carboxylic acid groups (broad SMARTS) is 2. The zero-order valence-electron chi connectivity index (χ0n) is 28.5. The number of likely N-dealkylation sites (tertiary alicyclic amines) is 2. The molecule has 0 radical (unpaired) electrons. The molecule has 0 saturated carbocycles. The van der Waals surface area contributed by atoms with E-state index in [0.717, 1.165) is 24.9 Å². The Morgan fingerprint density at radius 2 is 1.96 bits per heavy atom. The molecule has 2 unspecified atom stereocenters. The molecule has 2 fully saturated rings. The third-order valence-electron chi connectivity index (χ3n) is 11.4. The Morgan fingerprint density at radius 3 is 2.68 bits per heavy atom. The van der Waals surface area contributed by atoms with Crippen LogP contribution in [0.25, 0.3) is 0 Å². The summed E-state index contributed by atoms with van der Waals surface area (Å²) in [7, 11) is 3.77. The third kappa shape index (κ3) is 6.48. The molecule has 15 heteroatoms. The number of unbranched alkanes of at least 4 members (excludes halogenated alkanes) is 1. The number of benzene rings is 1. The molecular formula is C35H47N5O10. The lowest BCUT2D eigenvalue weighted by Crippen LogP contribution is -2.63. The summed E-state index contributed by atoms with van der Waals surface area (Å²) in [4.78, 5) is 66.4. The van der Waals surface area contributed by atoms with Crippen LogP contribution in [0, 0.1) is 11.8 Å². The van der Waals surface area contributed by atoms with Gasteiger partial charge >= 0.3 is 18.0 Å². The molecule has 0 aromatic heterocycles. The summed E-state index contributed by atoms with van der Waals surface area (Å²) in [6.07, 6.45) is 4.03. The van der Waals surface area contributed by atoms with Crippen LogP contribution in [0.3, 0.4) is 0 Å². The number of allylic oxidation sites excluding steroid dienone is 1. The summed E-state index contributed by atoms with van der Waals surface area (Å²) in [5.74, 6) is -2.41. The third-order valence-corrected chi connectivity index (χ3v) is 11.4. The van der Waals surface area contributed by atoms with E-state index in [1.54, 1.807) is 7.11 Å². The summed E-state index contributed by atoms with van der Waals surface area (Å²) in [5.41, 5.74) is 7.58. The van der Waals surface area contributed by atoms with Gasteiger partial charge in [-0.3, -0.25) is 19.2 Å². The highest BCUT2D eigenvalue weighted by Crippen LogP contribution is 2.63. The quantitative estimate of drug-likeness (QED) is 0.146. The minimum Gasteiger partial charge on any atom is -0.493 e. The van der Waals surface area contributed by atoms with E-state index in [9.17, 15) is 29.1 Å². The Hall–Kier alpha value is -4.37. The first-order valence-electron chi connectivity index (χ1n) is 17.5. The minimum atomic E-state index is -1.33. The van der Waals surface area contributed by atoms with Crippen molar-refractivity contribution in [1.29, 1.82) is 0 Å². The number of nitrogens with zero attached hydrogens (tertiary/aromatic N) is 2. The molecule has 1 aromatic rings. The minimum absolute atomic E-state index is 0.0823. The van der Waals surface area contributed by atoms with Crippen LogP contribution in [0.2, 0.25) is 0 Å². The van der Waals surface area contributed by atoms with E-state index < -0.39 is 60.4 Å². The van der Waals surface area contributed by atoms with E-state index in [1.807, 2.05) is 12.1 Å². The normalized spacial score (nSPS) is 28.3. The highest BCUT2D eigenvalue weighted by molar-refractivity contribution is 5.96. The van der Waals surface area contributed by atoms with Crippen LogP contribution in [0.5, 0.6) is 11.5 Å². The molecular weight excluding hydrogens is 650 g/mol. The van der Waals surface area contributed by atoms with Crippen molar-refractivity contribution in [3.05, 3.63) is 35.1 Å². The van der Waals surface area contributed by atoms with Crippen molar-refractivity contribution in [2.75, 3.05) is 40.3 Å². The second-order valence-electron chi connectivity index (χ2n) is 14.1. The number of aliphatic carboxylic acids is 2. The maximum absolute atomic E-state index is 14.0. The van der Waals surface area contributed by atoms with Crippen LogP contribution in [-0.2, 0) is 35.8 Å². The SMILES string of the molecule is COc1ccc2c3c1O[C@H]1C(OC(=O)N4CCC(C(=O)O)CC4CNC(=O)[C@H](CCCCN)NC(=O)CC(=O)O)=CC[C@H]4[C@@H](C2)N(C)CC[C@]314. The molecule has 7 atom stereocenters. The summed E-state index contributed by atoms with van der Waals surface area (Å²) in [6, 6.07) is 2.62. The molecule has 6 rings (SSSR count). The standard InChI is InChI=1S/C35H47N5O10/c1-39-14-11-35-22-7-9-26(31(35)50-30-25(48-2)8-6-19(29(30)35)16-24(22)39)49-34(47)40-13-10-20(33(45)46)15-21(40)18-37-32(44)23(5-3-4-12-36)38-27(41)17-28(42)43/h6,8-9,20-24,31H,3-5,7,10-18,36H2,1-2H3,(H,37,44)(H,38,41)(H,42,43)(H,45,46)/t20?,21?,22-,23-,24+,31-,35-/m0/s1. The average molecular weight is 698 g/mol. The molecule has 1 aromatic carbocycles. The molecule has 5 aliphatic rings. The molecule has 3 amide bonds. The fraction of sp³-hybridized carbons (Fsp3) is 0.629. The number of nitrogens with two attached hydrogens (primary N) is 1. The number of nitrogens with one attached hydrogen (secondary N) is 2.